The zero-order valence-electron chi connectivity index (χ0n) is 11.8. The molecule has 1 rings (SSSR count). The topological polar surface area (TPSA) is 56.7 Å². The van der Waals surface area contributed by atoms with Gasteiger partial charge in [0.15, 0.2) is 0 Å². The first-order valence-electron chi connectivity index (χ1n) is 6.41. The molecule has 98 valence electrons. The monoisotopic (exact) mass is 238 g/mol. The molecular formula is C13H26N4. The molecule has 0 fully saturated rings. The van der Waals surface area contributed by atoms with Crippen LogP contribution < -0.4 is 5.73 Å². The Labute approximate surface area is 105 Å². The number of nitrogens with zero attached hydrogens (tertiary/aromatic N) is 3. The summed E-state index contributed by atoms with van der Waals surface area (Å²) >= 11 is 0. The molecule has 0 spiro atoms. The van der Waals surface area contributed by atoms with Gasteiger partial charge in [-0.2, -0.15) is 5.10 Å². The maximum absolute atomic E-state index is 5.87. The molecule has 1 atom stereocenters. The second-order valence-corrected chi connectivity index (χ2v) is 6.25. The summed E-state index contributed by atoms with van der Waals surface area (Å²) in [5.41, 5.74) is 6.08. The van der Waals surface area contributed by atoms with Crippen molar-refractivity contribution in [2.45, 2.75) is 47.6 Å². The minimum absolute atomic E-state index is 0.212. The van der Waals surface area contributed by atoms with Crippen LogP contribution in [0.5, 0.6) is 0 Å². The molecule has 4 nitrogen and oxygen atoms in total. The fraction of sp³-hybridized carbons (Fsp3) is 0.846. The lowest BCUT2D eigenvalue weighted by Gasteiger charge is -2.29. The van der Waals surface area contributed by atoms with Gasteiger partial charge in [-0.25, -0.2) is 9.67 Å². The number of rotatable bonds is 5. The predicted molar refractivity (Wildman–Crippen MR) is 70.6 cm³/mol. The van der Waals surface area contributed by atoms with E-state index in [-0.39, 0.29) is 5.41 Å². The number of nitrogens with two attached hydrogens (primary N) is 1. The van der Waals surface area contributed by atoms with Gasteiger partial charge in [-0.05, 0) is 23.8 Å². The molecule has 2 N–H and O–H groups in total. The quantitative estimate of drug-likeness (QED) is 0.854. The maximum Gasteiger partial charge on any atom is 0.138 e. The lowest BCUT2D eigenvalue weighted by molar-refractivity contribution is 0.238. The molecule has 0 aliphatic rings. The van der Waals surface area contributed by atoms with Crippen LogP contribution >= 0.6 is 0 Å². The van der Waals surface area contributed by atoms with Crippen LogP contribution in [0.3, 0.4) is 0 Å². The summed E-state index contributed by atoms with van der Waals surface area (Å²) in [5.74, 6) is 2.09. The van der Waals surface area contributed by atoms with Gasteiger partial charge in [0.05, 0.1) is 0 Å². The summed E-state index contributed by atoms with van der Waals surface area (Å²) in [4.78, 5) is 4.37. The molecule has 1 unspecified atom stereocenters. The molecule has 0 aliphatic heterocycles. The average Bonchev–Trinajstić information content (AvgIpc) is 2.59. The molecule has 0 radical (unpaired) electrons. The molecule has 0 amide bonds. The summed E-state index contributed by atoms with van der Waals surface area (Å²) in [6.07, 6.45) is 2.56. The second kappa shape index (κ2) is 5.63. The number of hydrogen-bond donors (Lipinski definition) is 1. The minimum atomic E-state index is 0.212. The van der Waals surface area contributed by atoms with E-state index in [1.165, 1.54) is 0 Å². The van der Waals surface area contributed by atoms with Crippen LogP contribution in [0.2, 0.25) is 0 Å². The van der Waals surface area contributed by atoms with Crippen LogP contribution in [-0.4, -0.2) is 21.3 Å². The highest BCUT2D eigenvalue weighted by molar-refractivity contribution is 4.91. The Morgan fingerprint density at radius 3 is 2.47 bits per heavy atom. The van der Waals surface area contributed by atoms with E-state index in [1.807, 2.05) is 4.68 Å². The third-order valence-electron chi connectivity index (χ3n) is 3.17. The first kappa shape index (κ1) is 14.2. The van der Waals surface area contributed by atoms with E-state index in [0.29, 0.717) is 18.4 Å². The van der Waals surface area contributed by atoms with E-state index >= 15 is 0 Å². The Hall–Kier alpha value is -0.900. The van der Waals surface area contributed by atoms with Crippen LogP contribution in [-0.2, 0) is 13.0 Å². The number of aromatic nitrogens is 3. The van der Waals surface area contributed by atoms with Crippen molar-refractivity contribution in [1.82, 2.24) is 14.8 Å². The van der Waals surface area contributed by atoms with Crippen molar-refractivity contribution in [3.05, 3.63) is 12.2 Å². The van der Waals surface area contributed by atoms with Crippen molar-refractivity contribution in [2.24, 2.45) is 23.0 Å². The first-order chi connectivity index (χ1) is 7.84. The molecule has 0 saturated carbocycles. The highest BCUT2D eigenvalue weighted by atomic mass is 15.3. The molecular weight excluding hydrogens is 212 g/mol. The van der Waals surface area contributed by atoms with Gasteiger partial charge >= 0.3 is 0 Å². The Kier molecular flexibility index (Phi) is 4.69. The Balaban J connectivity index is 2.76. The van der Waals surface area contributed by atoms with Gasteiger partial charge in [-0.3, -0.25) is 0 Å². The zero-order chi connectivity index (χ0) is 13.1. The molecule has 0 aliphatic carbocycles. The van der Waals surface area contributed by atoms with E-state index in [0.717, 1.165) is 18.8 Å². The Morgan fingerprint density at radius 2 is 2.00 bits per heavy atom. The molecule has 0 saturated heterocycles. The van der Waals surface area contributed by atoms with E-state index in [4.69, 9.17) is 5.73 Å². The largest absolute Gasteiger partial charge is 0.330 e. The molecule has 0 aromatic carbocycles. The number of hydrogen-bond acceptors (Lipinski definition) is 3. The summed E-state index contributed by atoms with van der Waals surface area (Å²) < 4.78 is 2.01. The van der Waals surface area contributed by atoms with Crippen LogP contribution in [0, 0.1) is 17.3 Å². The molecule has 1 heterocycles. The summed E-state index contributed by atoms with van der Waals surface area (Å²) in [6.45, 7) is 12.7. The molecule has 1 aromatic heterocycles. The average molecular weight is 238 g/mol. The van der Waals surface area contributed by atoms with E-state index in [9.17, 15) is 0 Å². The molecule has 0 bridgehead atoms. The van der Waals surface area contributed by atoms with Crippen molar-refractivity contribution in [2.75, 3.05) is 6.54 Å². The first-order valence-corrected chi connectivity index (χ1v) is 6.41. The van der Waals surface area contributed by atoms with Gasteiger partial charge in [0.2, 0.25) is 0 Å². The Morgan fingerprint density at radius 1 is 1.35 bits per heavy atom. The fourth-order valence-corrected chi connectivity index (χ4v) is 1.91. The van der Waals surface area contributed by atoms with Crippen LogP contribution in [0.15, 0.2) is 6.33 Å². The molecule has 4 heteroatoms. The van der Waals surface area contributed by atoms with Gasteiger partial charge in [-0.15, -0.1) is 0 Å². The van der Waals surface area contributed by atoms with Gasteiger partial charge in [0.25, 0.3) is 0 Å². The minimum Gasteiger partial charge on any atom is -0.330 e. The second-order valence-electron chi connectivity index (χ2n) is 6.25. The predicted octanol–water partition coefficient (Wildman–Crippen LogP) is 2.10. The van der Waals surface area contributed by atoms with E-state index < -0.39 is 0 Å². The van der Waals surface area contributed by atoms with Crippen molar-refractivity contribution in [3.8, 4) is 0 Å². The Bertz CT molecular complexity index is 335. The lowest BCUT2D eigenvalue weighted by Crippen LogP contribution is -2.31. The van der Waals surface area contributed by atoms with Gasteiger partial charge in [0.1, 0.15) is 12.2 Å². The standard InChI is InChI=1S/C13H26N4/c1-10(2)8-17-12(15-9-16-17)6-11(7-14)13(3,4)5/h9-11H,6-8,14H2,1-5H3. The van der Waals surface area contributed by atoms with E-state index in [1.54, 1.807) is 6.33 Å². The zero-order valence-corrected chi connectivity index (χ0v) is 11.8. The van der Waals surface area contributed by atoms with Gasteiger partial charge < -0.3 is 5.73 Å². The van der Waals surface area contributed by atoms with Crippen molar-refractivity contribution < 1.29 is 0 Å². The summed E-state index contributed by atoms with van der Waals surface area (Å²) in [5, 5.41) is 4.29. The SMILES string of the molecule is CC(C)Cn1ncnc1CC(CN)C(C)(C)C. The van der Waals surface area contributed by atoms with Crippen molar-refractivity contribution in [1.29, 1.82) is 0 Å². The molecule has 1 aromatic rings. The maximum atomic E-state index is 5.87. The van der Waals surface area contributed by atoms with Gasteiger partial charge in [0, 0.05) is 13.0 Å². The summed E-state index contributed by atoms with van der Waals surface area (Å²) in [7, 11) is 0. The lowest BCUT2D eigenvalue weighted by atomic mass is 9.78. The third kappa shape index (κ3) is 4.11. The normalized spacial score (nSPS) is 14.3. The highest BCUT2D eigenvalue weighted by Crippen LogP contribution is 2.27. The van der Waals surface area contributed by atoms with Crippen LogP contribution in [0.4, 0.5) is 0 Å². The third-order valence-corrected chi connectivity index (χ3v) is 3.17. The van der Waals surface area contributed by atoms with Crippen molar-refractivity contribution in [3.63, 3.8) is 0 Å². The van der Waals surface area contributed by atoms with E-state index in [2.05, 4.69) is 44.7 Å². The van der Waals surface area contributed by atoms with Crippen molar-refractivity contribution >= 4 is 0 Å². The smallest absolute Gasteiger partial charge is 0.138 e. The summed E-state index contributed by atoms with van der Waals surface area (Å²) in [6, 6.07) is 0. The van der Waals surface area contributed by atoms with Crippen LogP contribution in [0.25, 0.3) is 0 Å². The molecule has 17 heavy (non-hydrogen) atoms. The van der Waals surface area contributed by atoms with Gasteiger partial charge in [-0.1, -0.05) is 34.6 Å². The fourth-order valence-electron chi connectivity index (χ4n) is 1.91. The van der Waals surface area contributed by atoms with Crippen LogP contribution in [0.1, 0.15) is 40.4 Å². The highest BCUT2D eigenvalue weighted by Gasteiger charge is 2.25.